The number of carbonyl (C=O) groups is 2. The number of aryl methyl sites for hydroxylation is 1. The van der Waals surface area contributed by atoms with E-state index in [-0.39, 0.29) is 18.0 Å². The summed E-state index contributed by atoms with van der Waals surface area (Å²) >= 11 is 0. The highest BCUT2D eigenvalue weighted by Crippen LogP contribution is 2.25. The molecular formula is C12H18N4O3. The summed E-state index contributed by atoms with van der Waals surface area (Å²) in [6, 6.07) is -0.332. The summed E-state index contributed by atoms with van der Waals surface area (Å²) in [5.41, 5.74) is 0. The van der Waals surface area contributed by atoms with Crippen molar-refractivity contribution in [2.45, 2.75) is 31.8 Å². The van der Waals surface area contributed by atoms with Gasteiger partial charge in [-0.3, -0.25) is 4.79 Å². The zero-order chi connectivity index (χ0) is 13.8. The molecule has 1 aliphatic carbocycles. The summed E-state index contributed by atoms with van der Waals surface area (Å²) in [5, 5.41) is 14.4. The molecule has 7 nitrogen and oxygen atoms in total. The summed E-state index contributed by atoms with van der Waals surface area (Å²) < 4.78 is 1.83. The van der Waals surface area contributed by atoms with Crippen molar-refractivity contribution >= 4 is 12.0 Å². The van der Waals surface area contributed by atoms with Crippen molar-refractivity contribution in [1.82, 2.24) is 20.2 Å². The molecule has 1 heterocycles. The molecule has 0 saturated heterocycles. The van der Waals surface area contributed by atoms with Gasteiger partial charge < -0.3 is 20.3 Å². The van der Waals surface area contributed by atoms with Crippen LogP contribution in [0.3, 0.4) is 0 Å². The molecule has 3 N–H and O–H groups in total. The quantitative estimate of drug-likeness (QED) is 0.738. The first kappa shape index (κ1) is 13.4. The number of rotatable bonds is 4. The van der Waals surface area contributed by atoms with Crippen LogP contribution in [-0.2, 0) is 18.4 Å². The molecule has 104 valence electrons. The first-order chi connectivity index (χ1) is 9.06. The van der Waals surface area contributed by atoms with Crippen LogP contribution in [-0.4, -0.2) is 32.7 Å². The van der Waals surface area contributed by atoms with Crippen LogP contribution in [0.5, 0.6) is 0 Å². The molecule has 19 heavy (non-hydrogen) atoms. The molecule has 2 rings (SSSR count). The van der Waals surface area contributed by atoms with Gasteiger partial charge in [-0.25, -0.2) is 9.78 Å². The van der Waals surface area contributed by atoms with E-state index in [1.165, 1.54) is 0 Å². The number of nitrogens with zero attached hydrogens (tertiary/aromatic N) is 2. The summed E-state index contributed by atoms with van der Waals surface area (Å²) in [5.74, 6) is -0.345. The second-order valence-electron chi connectivity index (χ2n) is 4.83. The molecule has 0 bridgehead atoms. The molecule has 2 atom stereocenters. The molecule has 7 heteroatoms. The lowest BCUT2D eigenvalue weighted by molar-refractivity contribution is -0.141. The predicted molar refractivity (Wildman–Crippen MR) is 67.3 cm³/mol. The Bertz CT molecular complexity index is 471. The fourth-order valence-electron chi connectivity index (χ4n) is 2.30. The molecule has 1 aromatic heterocycles. The lowest BCUT2D eigenvalue weighted by atomic mass is 10.1. The molecule has 0 spiro atoms. The van der Waals surface area contributed by atoms with Crippen LogP contribution in [0.25, 0.3) is 0 Å². The predicted octanol–water partition coefficient (Wildman–Crippen LogP) is 0.473. The summed E-state index contributed by atoms with van der Waals surface area (Å²) in [6.45, 7) is 0.352. The Morgan fingerprint density at radius 2 is 2.32 bits per heavy atom. The third-order valence-electron chi connectivity index (χ3n) is 3.45. The largest absolute Gasteiger partial charge is 0.481 e. The second-order valence-corrected chi connectivity index (χ2v) is 4.83. The van der Waals surface area contributed by atoms with E-state index in [1.807, 2.05) is 17.8 Å². The lowest BCUT2D eigenvalue weighted by Crippen LogP contribution is -2.41. The van der Waals surface area contributed by atoms with Crippen LogP contribution in [0, 0.1) is 5.92 Å². The Morgan fingerprint density at radius 1 is 1.53 bits per heavy atom. The molecular weight excluding hydrogens is 248 g/mol. The van der Waals surface area contributed by atoms with E-state index in [9.17, 15) is 9.59 Å². The molecule has 1 aromatic rings. The van der Waals surface area contributed by atoms with Crippen molar-refractivity contribution in [2.24, 2.45) is 13.0 Å². The van der Waals surface area contributed by atoms with Crippen molar-refractivity contribution in [3.05, 3.63) is 18.2 Å². The third-order valence-corrected chi connectivity index (χ3v) is 3.45. The zero-order valence-electron chi connectivity index (χ0n) is 10.8. The van der Waals surface area contributed by atoms with E-state index in [1.54, 1.807) is 6.20 Å². The number of carbonyl (C=O) groups excluding carboxylic acids is 1. The minimum atomic E-state index is -0.780. The molecule has 2 unspecified atom stereocenters. The first-order valence-corrected chi connectivity index (χ1v) is 6.29. The fourth-order valence-corrected chi connectivity index (χ4v) is 2.30. The molecule has 1 aliphatic rings. The summed E-state index contributed by atoms with van der Waals surface area (Å²) in [4.78, 5) is 26.6. The normalized spacial score (nSPS) is 22.2. The van der Waals surface area contributed by atoms with Gasteiger partial charge in [-0.2, -0.15) is 0 Å². The standard InChI is InChI=1S/C12H18N4O3/c1-16-5-4-13-10(16)7-14-12(19)15-9-3-2-8(6-9)11(17)18/h4-5,8-9H,2-3,6-7H2,1H3,(H,17,18)(H2,14,15,19). The maximum atomic E-state index is 11.7. The molecule has 2 amide bonds. The Kier molecular flexibility index (Phi) is 4.03. The minimum Gasteiger partial charge on any atom is -0.481 e. The highest BCUT2D eigenvalue weighted by atomic mass is 16.4. The number of hydrogen-bond acceptors (Lipinski definition) is 3. The first-order valence-electron chi connectivity index (χ1n) is 6.29. The van der Waals surface area contributed by atoms with Crippen LogP contribution in [0.15, 0.2) is 12.4 Å². The number of hydrogen-bond donors (Lipinski definition) is 3. The van der Waals surface area contributed by atoms with E-state index in [2.05, 4.69) is 15.6 Å². The van der Waals surface area contributed by atoms with E-state index >= 15 is 0 Å². The maximum Gasteiger partial charge on any atom is 0.315 e. The fraction of sp³-hybridized carbons (Fsp3) is 0.583. The molecule has 0 aromatic carbocycles. The Labute approximate surface area is 111 Å². The number of carboxylic acids is 1. The summed E-state index contributed by atoms with van der Waals surface area (Å²) in [7, 11) is 1.86. The topological polar surface area (TPSA) is 96.3 Å². The molecule has 0 aliphatic heterocycles. The van der Waals surface area contributed by atoms with Gasteiger partial charge in [-0.15, -0.1) is 0 Å². The van der Waals surface area contributed by atoms with Crippen molar-refractivity contribution in [2.75, 3.05) is 0 Å². The summed E-state index contributed by atoms with van der Waals surface area (Å²) in [6.07, 6.45) is 5.32. The highest BCUT2D eigenvalue weighted by Gasteiger charge is 2.30. The number of amides is 2. The maximum absolute atomic E-state index is 11.7. The molecule has 0 radical (unpaired) electrons. The number of imidazole rings is 1. The van der Waals surface area contributed by atoms with Gasteiger partial charge in [-0.05, 0) is 19.3 Å². The monoisotopic (exact) mass is 266 g/mol. The van der Waals surface area contributed by atoms with E-state index in [0.29, 0.717) is 25.8 Å². The van der Waals surface area contributed by atoms with Gasteiger partial charge in [0, 0.05) is 25.5 Å². The average Bonchev–Trinajstić information content (AvgIpc) is 2.96. The van der Waals surface area contributed by atoms with E-state index < -0.39 is 5.97 Å². The highest BCUT2D eigenvalue weighted by molar-refractivity contribution is 5.75. The number of nitrogens with one attached hydrogen (secondary N) is 2. The Hall–Kier alpha value is -2.05. The van der Waals surface area contributed by atoms with Gasteiger partial charge in [0.1, 0.15) is 5.82 Å². The van der Waals surface area contributed by atoms with Crippen molar-refractivity contribution in [1.29, 1.82) is 0 Å². The van der Waals surface area contributed by atoms with Gasteiger partial charge in [0.2, 0.25) is 0 Å². The van der Waals surface area contributed by atoms with Crippen LogP contribution >= 0.6 is 0 Å². The number of carboxylic acid groups (broad SMARTS) is 1. The van der Waals surface area contributed by atoms with Gasteiger partial charge in [-0.1, -0.05) is 0 Å². The van der Waals surface area contributed by atoms with Gasteiger partial charge in [0.15, 0.2) is 0 Å². The third kappa shape index (κ3) is 3.46. The lowest BCUT2D eigenvalue weighted by Gasteiger charge is -2.13. The van der Waals surface area contributed by atoms with Gasteiger partial charge in [0.05, 0.1) is 12.5 Å². The number of aliphatic carboxylic acids is 1. The van der Waals surface area contributed by atoms with E-state index in [4.69, 9.17) is 5.11 Å². The van der Waals surface area contributed by atoms with Gasteiger partial charge >= 0.3 is 12.0 Å². The molecule has 1 saturated carbocycles. The Morgan fingerprint density at radius 3 is 2.89 bits per heavy atom. The SMILES string of the molecule is Cn1ccnc1CNC(=O)NC1CCC(C(=O)O)C1. The van der Waals surface area contributed by atoms with Crippen molar-refractivity contribution in [3.63, 3.8) is 0 Å². The van der Waals surface area contributed by atoms with Crippen molar-refractivity contribution < 1.29 is 14.7 Å². The Balaban J connectivity index is 1.73. The number of urea groups is 1. The average molecular weight is 266 g/mol. The zero-order valence-corrected chi connectivity index (χ0v) is 10.8. The van der Waals surface area contributed by atoms with Crippen LogP contribution in [0.1, 0.15) is 25.1 Å². The van der Waals surface area contributed by atoms with Crippen molar-refractivity contribution in [3.8, 4) is 0 Å². The van der Waals surface area contributed by atoms with Gasteiger partial charge in [0.25, 0.3) is 0 Å². The van der Waals surface area contributed by atoms with Crippen LogP contribution in [0.4, 0.5) is 4.79 Å². The van der Waals surface area contributed by atoms with Crippen LogP contribution < -0.4 is 10.6 Å². The number of aromatic nitrogens is 2. The van der Waals surface area contributed by atoms with E-state index in [0.717, 1.165) is 5.82 Å². The smallest absolute Gasteiger partial charge is 0.315 e. The molecule has 1 fully saturated rings. The minimum absolute atomic E-state index is 0.0533. The van der Waals surface area contributed by atoms with Crippen LogP contribution in [0.2, 0.25) is 0 Å². The second kappa shape index (κ2) is 5.73.